The van der Waals surface area contributed by atoms with Gasteiger partial charge in [0.05, 0.1) is 23.6 Å². The van der Waals surface area contributed by atoms with E-state index in [1.165, 1.54) is 16.5 Å². The molecule has 0 aliphatic carbocycles. The molecule has 3 aromatic heterocycles. The quantitative estimate of drug-likeness (QED) is 0.445. The standard InChI is InChI=1S/C25H22N6/c1-16-7-5-10-18-13-19(22(30-21(16)18)17-8-3-2-4-9-17)20-11-6-12-31(20)25-23-24(27-14-26-23)28-15-29-25/h2-5,7-10,13-15,20H,6,11-12H2,1H3,(H,26,27,28,29). The molecule has 0 radical (unpaired) electrons. The Morgan fingerprint density at radius 1 is 1.00 bits per heavy atom. The Kier molecular flexibility index (Phi) is 4.16. The van der Waals surface area contributed by atoms with E-state index in [0.717, 1.165) is 47.5 Å². The van der Waals surface area contributed by atoms with Crippen molar-refractivity contribution in [3.63, 3.8) is 0 Å². The van der Waals surface area contributed by atoms with Gasteiger partial charge in [-0.2, -0.15) is 0 Å². The minimum atomic E-state index is 0.189. The second kappa shape index (κ2) is 7.16. The number of H-pyrrole nitrogens is 1. The molecule has 1 aliphatic heterocycles. The molecule has 6 nitrogen and oxygen atoms in total. The Morgan fingerprint density at radius 2 is 1.90 bits per heavy atom. The van der Waals surface area contributed by atoms with Crippen LogP contribution in [-0.4, -0.2) is 31.5 Å². The lowest BCUT2D eigenvalue weighted by molar-refractivity contribution is 0.712. The van der Waals surface area contributed by atoms with E-state index in [0.29, 0.717) is 5.65 Å². The average Bonchev–Trinajstić information content (AvgIpc) is 3.49. The van der Waals surface area contributed by atoms with E-state index in [-0.39, 0.29) is 6.04 Å². The van der Waals surface area contributed by atoms with E-state index in [2.05, 4.69) is 80.3 Å². The zero-order valence-electron chi connectivity index (χ0n) is 17.3. The van der Waals surface area contributed by atoms with Crippen LogP contribution in [0.4, 0.5) is 5.82 Å². The summed E-state index contributed by atoms with van der Waals surface area (Å²) in [5.41, 5.74) is 7.28. The highest BCUT2D eigenvalue weighted by Gasteiger charge is 2.31. The first-order valence-corrected chi connectivity index (χ1v) is 10.7. The summed E-state index contributed by atoms with van der Waals surface area (Å²) in [6.45, 7) is 3.07. The molecule has 1 fully saturated rings. The normalized spacial score (nSPS) is 16.4. The number of aryl methyl sites for hydroxylation is 1. The first kappa shape index (κ1) is 18.0. The molecule has 0 spiro atoms. The van der Waals surface area contributed by atoms with Crippen LogP contribution >= 0.6 is 0 Å². The maximum atomic E-state index is 5.19. The number of hydrogen-bond donors (Lipinski definition) is 1. The van der Waals surface area contributed by atoms with Gasteiger partial charge in [-0.3, -0.25) is 0 Å². The number of pyridine rings is 1. The van der Waals surface area contributed by atoms with Crippen LogP contribution in [-0.2, 0) is 0 Å². The highest BCUT2D eigenvalue weighted by atomic mass is 15.2. The SMILES string of the molecule is Cc1cccc2cc(C3CCCN3c3ncnc4nc[nH]c34)c(-c3ccccc3)nc12. The van der Waals surface area contributed by atoms with Crippen LogP contribution in [0.1, 0.15) is 30.0 Å². The summed E-state index contributed by atoms with van der Waals surface area (Å²) in [6, 6.07) is 19.4. The van der Waals surface area contributed by atoms with Crippen molar-refractivity contribution in [3.05, 3.63) is 78.4 Å². The Bertz CT molecular complexity index is 1390. The fraction of sp³-hybridized carbons (Fsp3) is 0.200. The number of hydrogen-bond acceptors (Lipinski definition) is 5. The van der Waals surface area contributed by atoms with Crippen molar-refractivity contribution >= 4 is 27.9 Å². The second-order valence-electron chi connectivity index (χ2n) is 8.09. The topological polar surface area (TPSA) is 70.6 Å². The van der Waals surface area contributed by atoms with E-state index < -0.39 is 0 Å². The Hall–Kier alpha value is -3.80. The molecule has 31 heavy (non-hydrogen) atoms. The van der Waals surface area contributed by atoms with Crippen LogP contribution in [0.3, 0.4) is 0 Å². The largest absolute Gasteiger partial charge is 0.348 e. The van der Waals surface area contributed by atoms with Gasteiger partial charge in [0, 0.05) is 23.1 Å². The van der Waals surface area contributed by atoms with Crippen LogP contribution in [0, 0.1) is 6.92 Å². The third-order valence-corrected chi connectivity index (χ3v) is 6.21. The number of benzene rings is 2. The summed E-state index contributed by atoms with van der Waals surface area (Å²) >= 11 is 0. The lowest BCUT2D eigenvalue weighted by Gasteiger charge is -2.28. The Balaban J connectivity index is 1.57. The number of aromatic nitrogens is 5. The van der Waals surface area contributed by atoms with Gasteiger partial charge in [-0.25, -0.2) is 19.9 Å². The van der Waals surface area contributed by atoms with Gasteiger partial charge >= 0.3 is 0 Å². The summed E-state index contributed by atoms with van der Waals surface area (Å²) in [5.74, 6) is 0.911. The van der Waals surface area contributed by atoms with Gasteiger partial charge in [-0.1, -0.05) is 48.5 Å². The third kappa shape index (κ3) is 2.94. The van der Waals surface area contributed by atoms with E-state index >= 15 is 0 Å². The molecular weight excluding hydrogens is 384 g/mol. The van der Waals surface area contributed by atoms with Crippen molar-refractivity contribution in [1.82, 2.24) is 24.9 Å². The molecule has 1 saturated heterocycles. The molecule has 1 N–H and O–H groups in total. The van der Waals surface area contributed by atoms with Crippen LogP contribution in [0.5, 0.6) is 0 Å². The van der Waals surface area contributed by atoms with Crippen LogP contribution < -0.4 is 4.90 Å². The molecule has 6 heteroatoms. The third-order valence-electron chi connectivity index (χ3n) is 6.21. The molecule has 2 aromatic carbocycles. The van der Waals surface area contributed by atoms with Crippen LogP contribution in [0.2, 0.25) is 0 Å². The molecule has 4 heterocycles. The van der Waals surface area contributed by atoms with Crippen LogP contribution in [0.25, 0.3) is 33.3 Å². The number of nitrogens with one attached hydrogen (secondary N) is 1. The molecule has 0 saturated carbocycles. The second-order valence-corrected chi connectivity index (χ2v) is 8.09. The Labute approximate surface area is 180 Å². The number of imidazole rings is 1. The smallest absolute Gasteiger partial charge is 0.182 e. The van der Waals surface area contributed by atoms with Crippen molar-refractivity contribution in [1.29, 1.82) is 0 Å². The highest BCUT2D eigenvalue weighted by molar-refractivity contribution is 5.87. The zero-order chi connectivity index (χ0) is 20.8. The predicted octanol–water partition coefficient (Wildman–Crippen LogP) is 5.22. The van der Waals surface area contributed by atoms with E-state index in [1.54, 1.807) is 12.7 Å². The maximum Gasteiger partial charge on any atom is 0.182 e. The van der Waals surface area contributed by atoms with Gasteiger partial charge in [0.1, 0.15) is 11.8 Å². The fourth-order valence-corrected chi connectivity index (χ4v) is 4.76. The highest BCUT2D eigenvalue weighted by Crippen LogP contribution is 2.41. The summed E-state index contributed by atoms with van der Waals surface area (Å²) in [4.78, 5) is 24.1. The molecule has 6 rings (SSSR count). The van der Waals surface area contributed by atoms with E-state index in [9.17, 15) is 0 Å². The van der Waals surface area contributed by atoms with Crippen molar-refractivity contribution in [3.8, 4) is 11.3 Å². The number of para-hydroxylation sites is 1. The molecule has 1 unspecified atom stereocenters. The fourth-order valence-electron chi connectivity index (χ4n) is 4.76. The summed E-state index contributed by atoms with van der Waals surface area (Å²) in [7, 11) is 0. The minimum Gasteiger partial charge on any atom is -0.348 e. The maximum absolute atomic E-state index is 5.19. The number of rotatable bonds is 3. The summed E-state index contributed by atoms with van der Waals surface area (Å²) in [6.07, 6.45) is 5.44. The van der Waals surface area contributed by atoms with E-state index in [4.69, 9.17) is 4.98 Å². The van der Waals surface area contributed by atoms with Gasteiger partial charge in [0.15, 0.2) is 11.5 Å². The zero-order valence-corrected chi connectivity index (χ0v) is 17.3. The number of aromatic amines is 1. The van der Waals surface area contributed by atoms with Gasteiger partial charge in [-0.05, 0) is 31.4 Å². The number of anilines is 1. The number of nitrogens with zero attached hydrogens (tertiary/aromatic N) is 5. The number of fused-ring (bicyclic) bond motifs is 2. The van der Waals surface area contributed by atoms with Gasteiger partial charge in [-0.15, -0.1) is 0 Å². The molecule has 1 aliphatic rings. The van der Waals surface area contributed by atoms with Crippen LogP contribution in [0.15, 0.2) is 67.3 Å². The predicted molar refractivity (Wildman–Crippen MR) is 123 cm³/mol. The first-order valence-electron chi connectivity index (χ1n) is 10.7. The average molecular weight is 406 g/mol. The molecule has 152 valence electrons. The summed E-state index contributed by atoms with van der Waals surface area (Å²) in [5, 5.41) is 1.18. The molecule has 1 atom stereocenters. The van der Waals surface area contributed by atoms with Crippen molar-refractivity contribution in [2.45, 2.75) is 25.8 Å². The van der Waals surface area contributed by atoms with Crippen molar-refractivity contribution < 1.29 is 0 Å². The molecule has 0 amide bonds. The van der Waals surface area contributed by atoms with Crippen molar-refractivity contribution in [2.24, 2.45) is 0 Å². The van der Waals surface area contributed by atoms with Gasteiger partial charge in [0.25, 0.3) is 0 Å². The molecule has 5 aromatic rings. The molecular formula is C25H22N6. The lowest BCUT2D eigenvalue weighted by atomic mass is 9.95. The monoisotopic (exact) mass is 406 g/mol. The first-order chi connectivity index (χ1) is 15.3. The van der Waals surface area contributed by atoms with Gasteiger partial charge < -0.3 is 9.88 Å². The van der Waals surface area contributed by atoms with Crippen molar-refractivity contribution in [2.75, 3.05) is 11.4 Å². The summed E-state index contributed by atoms with van der Waals surface area (Å²) < 4.78 is 0. The minimum absolute atomic E-state index is 0.189. The van der Waals surface area contributed by atoms with E-state index in [1.807, 2.05) is 6.07 Å². The Morgan fingerprint density at radius 3 is 2.81 bits per heavy atom. The van der Waals surface area contributed by atoms with Gasteiger partial charge in [0.2, 0.25) is 0 Å². The lowest BCUT2D eigenvalue weighted by Crippen LogP contribution is -2.24. The molecule has 0 bridgehead atoms.